The van der Waals surface area contributed by atoms with E-state index in [1.54, 1.807) is 13.8 Å². The third-order valence-corrected chi connectivity index (χ3v) is 22.3. The van der Waals surface area contributed by atoms with Gasteiger partial charge in [-0.25, -0.2) is 9.59 Å². The van der Waals surface area contributed by atoms with Crippen LogP contribution in [0.5, 0.6) is 0 Å². The van der Waals surface area contributed by atoms with Crippen molar-refractivity contribution in [3.63, 3.8) is 0 Å². The second kappa shape index (κ2) is 17.8. The molecule has 7 atom stereocenters. The van der Waals surface area contributed by atoms with Crippen molar-refractivity contribution in [3.8, 4) is 0 Å². The monoisotopic (exact) mass is 881 g/mol. The highest BCUT2D eigenvalue weighted by atomic mass is 31.1. The molecule has 0 saturated carbocycles. The summed E-state index contributed by atoms with van der Waals surface area (Å²) in [6.07, 6.45) is -1.31. The minimum Gasteiger partial charge on any atom is -0.411 e. The highest BCUT2D eigenvalue weighted by molar-refractivity contribution is 7.33. The van der Waals surface area contributed by atoms with Gasteiger partial charge in [-0.15, -0.1) is 9.05 Å². The summed E-state index contributed by atoms with van der Waals surface area (Å²) in [5.74, 6) is 0. The van der Waals surface area contributed by atoms with Gasteiger partial charge >= 0.3 is 19.6 Å². The molecule has 4 heterocycles. The van der Waals surface area contributed by atoms with Crippen LogP contribution in [0.4, 0.5) is 0 Å². The first-order valence-electron chi connectivity index (χ1n) is 20.3. The van der Waals surface area contributed by atoms with Crippen LogP contribution in [0, 0.1) is 13.8 Å². The number of aromatic nitrogens is 4. The van der Waals surface area contributed by atoms with Gasteiger partial charge in [-0.1, -0.05) is 102 Å². The Labute approximate surface area is 352 Å². The molecule has 4 aromatic rings. The van der Waals surface area contributed by atoms with Crippen molar-refractivity contribution in [3.05, 3.63) is 126 Å². The summed E-state index contributed by atoms with van der Waals surface area (Å²) in [6.45, 7) is 20.1. The van der Waals surface area contributed by atoms with Crippen LogP contribution in [0.25, 0.3) is 0 Å². The smallest absolute Gasteiger partial charge is 0.411 e. The molecule has 0 bridgehead atoms. The molecule has 2 aliphatic rings. The molecule has 18 heteroatoms. The van der Waals surface area contributed by atoms with Crippen molar-refractivity contribution in [2.75, 3.05) is 13.2 Å². The SMILES string of the molecule is Cc1cn([C@H]2C[C@H](O[P+](=O)OC[C@H]3O[C@@H](n4cc(C)c(=O)[nH]c4=O)C[C@@H]3O[Si](C)(C)C(C)(C)C)[C@@H](CO[Si](c3ccccc3)(c3ccccc3)C(C)(C)C)O2)c(=O)[nH]c1=O. The molecule has 6 rings (SSSR count). The van der Waals surface area contributed by atoms with Crippen molar-refractivity contribution in [1.82, 2.24) is 19.1 Å². The zero-order valence-electron chi connectivity index (χ0n) is 36.1. The van der Waals surface area contributed by atoms with Crippen LogP contribution < -0.4 is 32.9 Å². The highest BCUT2D eigenvalue weighted by Gasteiger charge is 2.53. The van der Waals surface area contributed by atoms with E-state index >= 15 is 0 Å². The Kier molecular flexibility index (Phi) is 13.6. The maximum atomic E-state index is 13.9. The number of aromatic amines is 2. The molecule has 1 unspecified atom stereocenters. The van der Waals surface area contributed by atoms with E-state index in [9.17, 15) is 23.7 Å². The van der Waals surface area contributed by atoms with Crippen LogP contribution >= 0.6 is 8.25 Å². The van der Waals surface area contributed by atoms with Crippen molar-refractivity contribution in [2.45, 2.75) is 128 Å². The first kappa shape index (κ1) is 45.6. The first-order chi connectivity index (χ1) is 28.1. The molecule has 324 valence electrons. The minimum absolute atomic E-state index is 0.0257. The fraction of sp³-hybridized carbons (Fsp3) is 0.524. The van der Waals surface area contributed by atoms with E-state index in [0.29, 0.717) is 11.1 Å². The number of benzene rings is 2. The van der Waals surface area contributed by atoms with Crippen LogP contribution in [0.2, 0.25) is 23.2 Å². The number of ether oxygens (including phenoxy) is 2. The van der Waals surface area contributed by atoms with Crippen LogP contribution in [0.15, 0.2) is 92.2 Å². The lowest BCUT2D eigenvalue weighted by Crippen LogP contribution is -2.67. The quantitative estimate of drug-likeness (QED) is 0.124. The predicted molar refractivity (Wildman–Crippen MR) is 233 cm³/mol. The van der Waals surface area contributed by atoms with Gasteiger partial charge in [0.2, 0.25) is 0 Å². The van der Waals surface area contributed by atoms with Gasteiger partial charge in [0.05, 0.1) is 12.7 Å². The Morgan fingerprint density at radius 2 is 1.15 bits per heavy atom. The number of hydrogen-bond acceptors (Lipinski definition) is 11. The molecule has 2 fully saturated rings. The van der Waals surface area contributed by atoms with Gasteiger partial charge in [0.25, 0.3) is 19.4 Å². The Balaban J connectivity index is 1.26. The van der Waals surface area contributed by atoms with E-state index in [4.69, 9.17) is 27.4 Å². The van der Waals surface area contributed by atoms with Crippen molar-refractivity contribution < 1.29 is 31.9 Å². The van der Waals surface area contributed by atoms with Crippen molar-refractivity contribution >= 4 is 35.3 Å². The number of nitrogens with one attached hydrogen (secondary N) is 2. The summed E-state index contributed by atoms with van der Waals surface area (Å²) in [7, 11) is -8.24. The molecule has 0 spiro atoms. The third-order valence-electron chi connectivity index (χ3n) is 12.0. The van der Waals surface area contributed by atoms with Crippen LogP contribution in [0.3, 0.4) is 0 Å². The van der Waals surface area contributed by atoms with E-state index in [-0.39, 0.29) is 36.1 Å². The van der Waals surface area contributed by atoms with E-state index in [2.05, 4.69) is 88.9 Å². The molecule has 15 nitrogen and oxygen atoms in total. The maximum absolute atomic E-state index is 13.9. The first-order valence-corrected chi connectivity index (χ1v) is 26.2. The molecule has 0 amide bonds. The largest absolute Gasteiger partial charge is 0.697 e. The fourth-order valence-corrected chi connectivity index (χ4v) is 14.4. The lowest BCUT2D eigenvalue weighted by molar-refractivity contribution is -0.0477. The Morgan fingerprint density at radius 3 is 1.60 bits per heavy atom. The summed E-state index contributed by atoms with van der Waals surface area (Å²) in [5, 5.41) is 1.61. The molecular formula is C42H58N4O11PSi2+. The normalized spacial score (nSPS) is 22.9. The third kappa shape index (κ3) is 9.59. The number of aryl methyl sites for hydroxylation is 2. The van der Waals surface area contributed by atoms with Crippen LogP contribution in [0.1, 0.15) is 78.0 Å². The van der Waals surface area contributed by atoms with Gasteiger partial charge in [0.15, 0.2) is 8.32 Å². The zero-order chi connectivity index (χ0) is 43.8. The molecule has 0 aliphatic carbocycles. The lowest BCUT2D eigenvalue weighted by Gasteiger charge is -2.43. The summed E-state index contributed by atoms with van der Waals surface area (Å²) in [6, 6.07) is 20.2. The molecule has 2 aromatic carbocycles. The average Bonchev–Trinajstić information content (AvgIpc) is 3.76. The highest BCUT2D eigenvalue weighted by Crippen LogP contribution is 2.43. The van der Waals surface area contributed by atoms with Crippen molar-refractivity contribution in [2.24, 2.45) is 0 Å². The van der Waals surface area contributed by atoms with Gasteiger partial charge in [-0.2, -0.15) is 0 Å². The van der Waals surface area contributed by atoms with Gasteiger partial charge in [0.1, 0.15) is 37.4 Å². The molecule has 0 radical (unpaired) electrons. The molecule has 2 saturated heterocycles. The topological polar surface area (TPSA) is 182 Å². The molecule has 60 heavy (non-hydrogen) atoms. The summed E-state index contributed by atoms with van der Waals surface area (Å²) in [5.41, 5.74) is -1.58. The molecule has 2 aromatic heterocycles. The van der Waals surface area contributed by atoms with Gasteiger partial charge < -0.3 is 18.3 Å². The second-order valence-electron chi connectivity index (χ2n) is 18.2. The zero-order valence-corrected chi connectivity index (χ0v) is 38.9. The minimum atomic E-state index is -3.06. The Morgan fingerprint density at radius 1 is 0.700 bits per heavy atom. The predicted octanol–water partition coefficient (Wildman–Crippen LogP) is 5.30. The van der Waals surface area contributed by atoms with Crippen LogP contribution in [-0.2, 0) is 31.9 Å². The van der Waals surface area contributed by atoms with Gasteiger partial charge in [-0.3, -0.25) is 28.7 Å². The second-order valence-corrected chi connectivity index (χ2v) is 28.2. The lowest BCUT2D eigenvalue weighted by atomic mass is 10.2. The van der Waals surface area contributed by atoms with Crippen molar-refractivity contribution in [1.29, 1.82) is 0 Å². The number of H-pyrrole nitrogens is 2. The molecular weight excluding hydrogens is 824 g/mol. The van der Waals surface area contributed by atoms with Gasteiger partial charge in [-0.05, 0) is 47.4 Å². The summed E-state index contributed by atoms with van der Waals surface area (Å²) < 4.78 is 55.4. The maximum Gasteiger partial charge on any atom is 0.697 e. The van der Waals surface area contributed by atoms with E-state index in [1.807, 2.05) is 36.4 Å². The van der Waals surface area contributed by atoms with Gasteiger partial charge in [0, 0.05) is 40.9 Å². The standard InChI is InChI=1S/C42H57N4O11PSi2/c1-27-23-45(39(49)43-37(27)47)35-21-31(34(55-35)26-53-60(42(6,7)8,29-17-13-11-14-18-29)30-19-15-12-16-20-30)56-58(51)52-25-33-32(57-59(9,10)41(3,4)5)22-36(54-33)46-24-28(2)38(48)44-40(46)50/h11-20,23-24,31-36H,21-22,25-26H2,1-10H3,(H-,43,44,47,48,49,50)/p+1/t31-,32-,33+,34+,35+,36+/m0/s1. The Hall–Kier alpha value is -3.91. The number of nitrogens with zero attached hydrogens (tertiary/aromatic N) is 2. The Bertz CT molecular complexity index is 2350. The summed E-state index contributed by atoms with van der Waals surface area (Å²) >= 11 is 0. The van der Waals surface area contributed by atoms with E-state index in [1.165, 1.54) is 21.5 Å². The molecule has 2 aliphatic heterocycles. The fourth-order valence-electron chi connectivity index (χ4n) is 7.68. The van der Waals surface area contributed by atoms with E-state index < -0.39 is 84.3 Å². The average molecular weight is 882 g/mol. The number of hydrogen-bond donors (Lipinski definition) is 2. The van der Waals surface area contributed by atoms with Crippen LogP contribution in [-0.4, -0.2) is 73.4 Å². The number of rotatable bonds is 14. The summed E-state index contributed by atoms with van der Waals surface area (Å²) in [4.78, 5) is 55.1. The molecule has 2 N–H and O–H groups in total. The van der Waals surface area contributed by atoms with E-state index in [0.717, 1.165) is 10.4 Å².